The van der Waals surface area contributed by atoms with Crippen molar-refractivity contribution in [1.29, 1.82) is 0 Å². The molecule has 0 spiro atoms. The molecule has 146 valence electrons. The minimum Gasteiger partial charge on any atom is -0.368 e. The molecular weight excluding hydrogens is 338 g/mol. The highest BCUT2D eigenvalue weighted by Gasteiger charge is 2.47. The monoisotopic (exact) mass is 371 g/mol. The first-order valence-electron chi connectivity index (χ1n) is 10.8. The van der Waals surface area contributed by atoms with E-state index in [2.05, 4.69) is 99.4 Å². The zero-order valence-corrected chi connectivity index (χ0v) is 17.8. The highest BCUT2D eigenvalue weighted by molar-refractivity contribution is 5.82. The standard InChI is InChI=1S/C27H33N/c1-5-28-24-17-10-9-16-23(24)27(3,4)25(28)19-18-22-15-11-12-20(2)26(22)21-13-7-6-8-14-21/h6-10,13-14,16-19,23-24H,5,11-12,15H2,1-4H3/b22-18+,25-19+. The Hall–Kier alpha value is -2.28. The fourth-order valence-electron chi connectivity index (χ4n) is 5.40. The first-order chi connectivity index (χ1) is 13.5. The maximum atomic E-state index is 2.60. The number of hydrogen-bond acceptors (Lipinski definition) is 1. The molecule has 1 saturated heterocycles. The predicted molar refractivity (Wildman–Crippen MR) is 121 cm³/mol. The third kappa shape index (κ3) is 3.21. The van der Waals surface area contributed by atoms with Gasteiger partial charge < -0.3 is 4.90 Å². The van der Waals surface area contributed by atoms with Crippen molar-refractivity contribution in [3.8, 4) is 0 Å². The molecule has 4 rings (SSSR count). The number of likely N-dealkylation sites (tertiary alicyclic amines) is 1. The molecule has 1 heteroatoms. The van der Waals surface area contributed by atoms with E-state index in [1.165, 1.54) is 47.2 Å². The van der Waals surface area contributed by atoms with Crippen molar-refractivity contribution >= 4 is 5.57 Å². The van der Waals surface area contributed by atoms with Crippen molar-refractivity contribution in [3.05, 3.63) is 89.2 Å². The summed E-state index contributed by atoms with van der Waals surface area (Å²) in [5, 5.41) is 0. The smallest absolute Gasteiger partial charge is 0.0544 e. The van der Waals surface area contributed by atoms with Gasteiger partial charge in [-0.1, -0.05) is 80.1 Å². The summed E-state index contributed by atoms with van der Waals surface area (Å²) in [4.78, 5) is 2.60. The van der Waals surface area contributed by atoms with E-state index >= 15 is 0 Å². The van der Waals surface area contributed by atoms with Crippen molar-refractivity contribution in [2.24, 2.45) is 11.3 Å². The van der Waals surface area contributed by atoms with Crippen LogP contribution in [0.3, 0.4) is 0 Å². The summed E-state index contributed by atoms with van der Waals surface area (Å²) in [5.41, 5.74) is 7.49. The van der Waals surface area contributed by atoms with Gasteiger partial charge in [0.05, 0.1) is 6.04 Å². The minimum atomic E-state index is 0.152. The van der Waals surface area contributed by atoms with Gasteiger partial charge >= 0.3 is 0 Å². The fraction of sp³-hybridized carbons (Fsp3) is 0.407. The number of nitrogens with zero attached hydrogens (tertiary/aromatic N) is 1. The quantitative estimate of drug-likeness (QED) is 0.557. The highest BCUT2D eigenvalue weighted by atomic mass is 15.2. The van der Waals surface area contributed by atoms with E-state index in [9.17, 15) is 0 Å². The molecule has 2 aliphatic carbocycles. The first-order valence-corrected chi connectivity index (χ1v) is 10.8. The van der Waals surface area contributed by atoms with Crippen molar-refractivity contribution in [3.63, 3.8) is 0 Å². The number of rotatable bonds is 3. The molecule has 1 nitrogen and oxygen atoms in total. The van der Waals surface area contributed by atoms with Gasteiger partial charge in [-0.05, 0) is 55.9 Å². The summed E-state index contributed by atoms with van der Waals surface area (Å²) in [5.74, 6) is 0.555. The van der Waals surface area contributed by atoms with Crippen LogP contribution in [0.25, 0.3) is 5.57 Å². The van der Waals surface area contributed by atoms with E-state index in [4.69, 9.17) is 0 Å². The second kappa shape index (κ2) is 7.62. The molecule has 2 unspecified atom stereocenters. The largest absolute Gasteiger partial charge is 0.368 e. The van der Waals surface area contributed by atoms with E-state index in [-0.39, 0.29) is 5.41 Å². The van der Waals surface area contributed by atoms with E-state index < -0.39 is 0 Å². The van der Waals surface area contributed by atoms with Crippen LogP contribution in [-0.4, -0.2) is 17.5 Å². The Morgan fingerprint density at radius 2 is 1.79 bits per heavy atom. The van der Waals surface area contributed by atoms with Gasteiger partial charge in [-0.15, -0.1) is 0 Å². The number of likely N-dealkylation sites (N-methyl/N-ethyl adjacent to an activating group) is 1. The molecule has 3 aliphatic rings. The molecule has 1 aliphatic heterocycles. The molecule has 1 aromatic carbocycles. The van der Waals surface area contributed by atoms with Gasteiger partial charge in [-0.2, -0.15) is 0 Å². The predicted octanol–water partition coefficient (Wildman–Crippen LogP) is 6.93. The minimum absolute atomic E-state index is 0.152. The van der Waals surface area contributed by atoms with Gasteiger partial charge in [0.15, 0.2) is 0 Å². The van der Waals surface area contributed by atoms with Gasteiger partial charge in [0.2, 0.25) is 0 Å². The Kier molecular flexibility index (Phi) is 5.19. The molecule has 0 radical (unpaired) electrons. The summed E-state index contributed by atoms with van der Waals surface area (Å²) in [6, 6.07) is 11.4. The van der Waals surface area contributed by atoms with Crippen LogP contribution in [0, 0.1) is 11.3 Å². The van der Waals surface area contributed by atoms with Gasteiger partial charge in [0, 0.05) is 23.6 Å². The van der Waals surface area contributed by atoms with E-state index in [0.29, 0.717) is 12.0 Å². The van der Waals surface area contributed by atoms with Crippen molar-refractivity contribution in [1.82, 2.24) is 4.90 Å². The van der Waals surface area contributed by atoms with Crippen LogP contribution in [0.1, 0.15) is 52.5 Å². The molecule has 0 saturated carbocycles. The summed E-state index contributed by atoms with van der Waals surface area (Å²) < 4.78 is 0. The normalized spacial score (nSPS) is 29.1. The molecule has 0 amide bonds. The lowest BCUT2D eigenvalue weighted by Crippen LogP contribution is -2.30. The number of hydrogen-bond donors (Lipinski definition) is 0. The van der Waals surface area contributed by atoms with Gasteiger partial charge in [-0.3, -0.25) is 0 Å². The lowest BCUT2D eigenvalue weighted by atomic mass is 9.75. The number of allylic oxidation sites excluding steroid dienone is 8. The molecule has 0 bridgehead atoms. The SMILES string of the molecule is CCN1/C(=C/C=C2\CCCC(C)=C2c2ccccc2)C(C)(C)C2C=CC=CC21. The molecular formula is C27H33N. The van der Waals surface area contributed by atoms with Crippen LogP contribution in [0.4, 0.5) is 0 Å². The number of benzene rings is 1. The molecule has 0 aromatic heterocycles. The molecule has 1 heterocycles. The van der Waals surface area contributed by atoms with Crippen LogP contribution in [0.2, 0.25) is 0 Å². The van der Waals surface area contributed by atoms with Crippen molar-refractivity contribution < 1.29 is 0 Å². The Balaban J connectivity index is 1.75. The van der Waals surface area contributed by atoms with Crippen molar-refractivity contribution in [2.75, 3.05) is 6.54 Å². The van der Waals surface area contributed by atoms with E-state index in [0.717, 1.165) is 6.54 Å². The first kappa shape index (κ1) is 19.1. The summed E-state index contributed by atoms with van der Waals surface area (Å²) in [6.45, 7) is 10.5. The Bertz CT molecular complexity index is 876. The van der Waals surface area contributed by atoms with Crippen LogP contribution in [0.5, 0.6) is 0 Å². The summed E-state index contributed by atoms with van der Waals surface area (Å²) >= 11 is 0. The van der Waals surface area contributed by atoms with Gasteiger partial charge in [0.25, 0.3) is 0 Å². The fourth-order valence-corrected chi connectivity index (χ4v) is 5.40. The average Bonchev–Trinajstić information content (AvgIpc) is 2.93. The zero-order chi connectivity index (χ0) is 19.7. The van der Waals surface area contributed by atoms with Gasteiger partial charge in [0.1, 0.15) is 0 Å². The topological polar surface area (TPSA) is 3.24 Å². The average molecular weight is 372 g/mol. The Morgan fingerprint density at radius 1 is 1.04 bits per heavy atom. The summed E-state index contributed by atoms with van der Waals surface area (Å²) in [7, 11) is 0. The Labute approximate surface area is 170 Å². The van der Waals surface area contributed by atoms with Crippen LogP contribution in [0.15, 0.2) is 83.6 Å². The van der Waals surface area contributed by atoms with Crippen molar-refractivity contribution in [2.45, 2.75) is 53.0 Å². The molecule has 28 heavy (non-hydrogen) atoms. The third-order valence-corrected chi connectivity index (χ3v) is 6.86. The maximum absolute atomic E-state index is 2.60. The second-order valence-corrected chi connectivity index (χ2v) is 8.91. The van der Waals surface area contributed by atoms with E-state index in [1.54, 1.807) is 0 Å². The second-order valence-electron chi connectivity index (χ2n) is 8.91. The zero-order valence-electron chi connectivity index (χ0n) is 17.8. The van der Waals surface area contributed by atoms with Crippen LogP contribution in [-0.2, 0) is 0 Å². The van der Waals surface area contributed by atoms with E-state index in [1.807, 2.05) is 0 Å². The summed E-state index contributed by atoms with van der Waals surface area (Å²) in [6.07, 6.45) is 17.7. The maximum Gasteiger partial charge on any atom is 0.0544 e. The van der Waals surface area contributed by atoms with Crippen LogP contribution < -0.4 is 0 Å². The number of fused-ring (bicyclic) bond motifs is 1. The lowest BCUT2D eigenvalue weighted by molar-refractivity contribution is 0.321. The Morgan fingerprint density at radius 3 is 2.54 bits per heavy atom. The van der Waals surface area contributed by atoms with Crippen LogP contribution >= 0.6 is 0 Å². The van der Waals surface area contributed by atoms with Gasteiger partial charge in [-0.25, -0.2) is 0 Å². The molecule has 0 N–H and O–H groups in total. The highest BCUT2D eigenvalue weighted by Crippen LogP contribution is 2.50. The third-order valence-electron chi connectivity index (χ3n) is 6.86. The lowest BCUT2D eigenvalue weighted by Gasteiger charge is -2.27. The molecule has 1 fully saturated rings. The molecule has 1 aromatic rings. The molecule has 2 atom stereocenters.